The van der Waals surface area contributed by atoms with Gasteiger partial charge in [-0.3, -0.25) is 14.4 Å². The minimum Gasteiger partial charge on any atom is -0.459 e. The first-order chi connectivity index (χ1) is 15.1. The molecule has 0 atom stereocenters. The number of likely N-dealkylation sites (tertiary alicyclic amines) is 1. The van der Waals surface area contributed by atoms with Crippen molar-refractivity contribution in [2.24, 2.45) is 5.92 Å². The summed E-state index contributed by atoms with van der Waals surface area (Å²) >= 11 is 0. The Balaban J connectivity index is 1.31. The number of anilines is 1. The number of amides is 3. The molecule has 4 rings (SSSR count). The number of carbonyl (C=O) groups excluding carboxylic acids is 3. The van der Waals surface area contributed by atoms with E-state index >= 15 is 0 Å². The summed E-state index contributed by atoms with van der Waals surface area (Å²) in [6, 6.07) is 3.25. The highest BCUT2D eigenvalue weighted by atomic mass is 16.3. The van der Waals surface area contributed by atoms with E-state index in [4.69, 9.17) is 4.42 Å². The largest absolute Gasteiger partial charge is 0.459 e. The molecule has 0 aromatic carbocycles. The van der Waals surface area contributed by atoms with Crippen LogP contribution >= 0.6 is 0 Å². The van der Waals surface area contributed by atoms with Crippen LogP contribution in [0.25, 0.3) is 0 Å². The van der Waals surface area contributed by atoms with E-state index in [1.807, 2.05) is 0 Å². The maximum atomic E-state index is 12.8. The Kier molecular flexibility index (Phi) is 6.59. The van der Waals surface area contributed by atoms with Crippen molar-refractivity contribution >= 4 is 23.5 Å². The zero-order valence-corrected chi connectivity index (χ0v) is 17.4. The van der Waals surface area contributed by atoms with Gasteiger partial charge in [-0.15, -0.1) is 0 Å². The van der Waals surface area contributed by atoms with Gasteiger partial charge in [-0.1, -0.05) is 12.8 Å². The van der Waals surface area contributed by atoms with Gasteiger partial charge in [0, 0.05) is 37.9 Å². The predicted molar refractivity (Wildman–Crippen MR) is 112 cm³/mol. The minimum absolute atomic E-state index is 0.0859. The van der Waals surface area contributed by atoms with E-state index in [2.05, 4.69) is 20.6 Å². The number of aromatic nitrogens is 2. The monoisotopic (exact) mass is 425 g/mol. The molecule has 3 heterocycles. The number of nitrogens with zero attached hydrogens (tertiary/aromatic N) is 3. The maximum Gasteiger partial charge on any atom is 0.289 e. The Hall–Kier alpha value is -3.23. The SMILES string of the molecule is O=C(CC1CCCC1)Nc1nccnc1C(=O)NC1CCN(C(=O)c2ccco2)CC1. The van der Waals surface area contributed by atoms with Crippen molar-refractivity contribution in [3.8, 4) is 0 Å². The first-order valence-electron chi connectivity index (χ1n) is 10.8. The number of hydrogen-bond donors (Lipinski definition) is 2. The van der Waals surface area contributed by atoms with Crippen LogP contribution in [-0.2, 0) is 4.79 Å². The molecule has 0 unspecified atom stereocenters. The van der Waals surface area contributed by atoms with E-state index in [1.165, 1.54) is 31.5 Å². The van der Waals surface area contributed by atoms with Crippen LogP contribution in [0, 0.1) is 5.92 Å². The number of rotatable bonds is 6. The Morgan fingerprint density at radius 1 is 1.06 bits per heavy atom. The van der Waals surface area contributed by atoms with Crippen LogP contribution in [0.4, 0.5) is 5.82 Å². The maximum absolute atomic E-state index is 12.8. The number of carbonyl (C=O) groups is 3. The van der Waals surface area contributed by atoms with Crippen LogP contribution in [0.1, 0.15) is 66.0 Å². The lowest BCUT2D eigenvalue weighted by atomic mass is 10.0. The molecule has 1 saturated heterocycles. The highest BCUT2D eigenvalue weighted by molar-refractivity contribution is 6.01. The Morgan fingerprint density at radius 3 is 2.52 bits per heavy atom. The summed E-state index contributed by atoms with van der Waals surface area (Å²) in [5.74, 6) is 0.263. The van der Waals surface area contributed by atoms with Gasteiger partial charge >= 0.3 is 0 Å². The molecule has 2 N–H and O–H groups in total. The fourth-order valence-electron chi connectivity index (χ4n) is 4.29. The van der Waals surface area contributed by atoms with Crippen LogP contribution in [0.3, 0.4) is 0 Å². The molecule has 2 fully saturated rings. The zero-order chi connectivity index (χ0) is 21.6. The van der Waals surface area contributed by atoms with Crippen molar-refractivity contribution in [2.75, 3.05) is 18.4 Å². The van der Waals surface area contributed by atoms with Gasteiger partial charge in [-0.25, -0.2) is 9.97 Å². The molecule has 3 amide bonds. The Morgan fingerprint density at radius 2 is 1.81 bits per heavy atom. The van der Waals surface area contributed by atoms with E-state index in [0.717, 1.165) is 12.8 Å². The molecular formula is C22H27N5O4. The molecule has 1 saturated carbocycles. The summed E-state index contributed by atoms with van der Waals surface area (Å²) < 4.78 is 5.17. The first kappa shape index (κ1) is 21.0. The van der Waals surface area contributed by atoms with E-state index < -0.39 is 0 Å². The van der Waals surface area contributed by atoms with Crippen LogP contribution < -0.4 is 10.6 Å². The van der Waals surface area contributed by atoms with E-state index in [9.17, 15) is 14.4 Å². The van der Waals surface area contributed by atoms with Gasteiger partial charge in [-0.2, -0.15) is 0 Å². The Bertz CT molecular complexity index is 916. The highest BCUT2D eigenvalue weighted by Gasteiger charge is 2.27. The number of furan rings is 1. The van der Waals surface area contributed by atoms with Crippen molar-refractivity contribution in [3.05, 3.63) is 42.2 Å². The molecule has 2 aromatic rings. The molecule has 0 spiro atoms. The molecule has 2 aromatic heterocycles. The van der Waals surface area contributed by atoms with Gasteiger partial charge in [0.1, 0.15) is 0 Å². The minimum atomic E-state index is -0.375. The average molecular weight is 425 g/mol. The summed E-state index contributed by atoms with van der Waals surface area (Å²) in [6.07, 6.45) is 10.6. The third-order valence-corrected chi connectivity index (χ3v) is 5.97. The zero-order valence-electron chi connectivity index (χ0n) is 17.4. The topological polar surface area (TPSA) is 117 Å². The number of hydrogen-bond acceptors (Lipinski definition) is 6. The van der Waals surface area contributed by atoms with Gasteiger partial charge in [0.05, 0.1) is 6.26 Å². The fraction of sp³-hybridized carbons (Fsp3) is 0.500. The number of nitrogens with one attached hydrogen (secondary N) is 2. The average Bonchev–Trinajstić information content (AvgIpc) is 3.48. The van der Waals surface area contributed by atoms with Crippen molar-refractivity contribution in [1.82, 2.24) is 20.2 Å². The molecule has 1 aliphatic carbocycles. The summed E-state index contributed by atoms with van der Waals surface area (Å²) in [6.45, 7) is 1.05. The van der Waals surface area contributed by atoms with Gasteiger partial charge < -0.3 is 20.0 Å². The third kappa shape index (κ3) is 5.28. The third-order valence-electron chi connectivity index (χ3n) is 5.97. The van der Waals surface area contributed by atoms with Crippen LogP contribution in [0.15, 0.2) is 35.2 Å². The predicted octanol–water partition coefficient (Wildman–Crippen LogP) is 2.62. The standard InChI is InChI=1S/C22H27N5O4/c28-18(14-15-4-1-2-5-15)26-20-19(23-9-10-24-20)21(29)25-16-7-11-27(12-8-16)22(30)17-6-3-13-31-17/h3,6,9-10,13,15-16H,1-2,4-5,7-8,11-12,14H2,(H,25,29)(H,24,26,28). The second kappa shape index (κ2) is 9.72. The molecular weight excluding hydrogens is 398 g/mol. The normalized spacial score (nSPS) is 17.5. The Labute approximate surface area is 180 Å². The lowest BCUT2D eigenvalue weighted by molar-refractivity contribution is -0.117. The van der Waals surface area contributed by atoms with Crippen molar-refractivity contribution in [3.63, 3.8) is 0 Å². The first-order valence-corrected chi connectivity index (χ1v) is 10.8. The van der Waals surface area contributed by atoms with Gasteiger partial charge in [0.15, 0.2) is 17.3 Å². The van der Waals surface area contributed by atoms with Crippen molar-refractivity contribution in [1.29, 1.82) is 0 Å². The van der Waals surface area contributed by atoms with Crippen LogP contribution in [0.2, 0.25) is 0 Å². The molecule has 0 bridgehead atoms. The van der Waals surface area contributed by atoms with E-state index in [-0.39, 0.29) is 35.3 Å². The summed E-state index contributed by atoms with van der Waals surface area (Å²) in [5, 5.41) is 5.72. The molecule has 9 heteroatoms. The van der Waals surface area contributed by atoms with Gasteiger partial charge in [-0.05, 0) is 43.7 Å². The van der Waals surface area contributed by atoms with Crippen molar-refractivity contribution < 1.29 is 18.8 Å². The smallest absolute Gasteiger partial charge is 0.289 e. The van der Waals surface area contributed by atoms with Crippen LogP contribution in [0.5, 0.6) is 0 Å². The van der Waals surface area contributed by atoms with Crippen LogP contribution in [-0.4, -0.2) is 51.7 Å². The molecule has 2 aliphatic rings. The second-order valence-electron chi connectivity index (χ2n) is 8.17. The molecule has 0 radical (unpaired) electrons. The lowest BCUT2D eigenvalue weighted by Crippen LogP contribution is -2.46. The lowest BCUT2D eigenvalue weighted by Gasteiger charge is -2.31. The van der Waals surface area contributed by atoms with Gasteiger partial charge in [0.25, 0.3) is 11.8 Å². The molecule has 1 aliphatic heterocycles. The highest BCUT2D eigenvalue weighted by Crippen LogP contribution is 2.27. The second-order valence-corrected chi connectivity index (χ2v) is 8.17. The molecule has 31 heavy (non-hydrogen) atoms. The summed E-state index contributed by atoms with van der Waals surface area (Å²) in [5.41, 5.74) is 0.108. The fourth-order valence-corrected chi connectivity index (χ4v) is 4.29. The van der Waals surface area contributed by atoms with E-state index in [0.29, 0.717) is 44.0 Å². The quantitative estimate of drug-likeness (QED) is 0.735. The summed E-state index contributed by atoms with van der Waals surface area (Å²) in [4.78, 5) is 47.6. The van der Waals surface area contributed by atoms with Crippen molar-refractivity contribution in [2.45, 2.75) is 51.0 Å². The summed E-state index contributed by atoms with van der Waals surface area (Å²) in [7, 11) is 0. The van der Waals surface area contributed by atoms with E-state index in [1.54, 1.807) is 17.0 Å². The van der Waals surface area contributed by atoms with Gasteiger partial charge in [0.2, 0.25) is 5.91 Å². The number of piperidine rings is 1. The molecule has 9 nitrogen and oxygen atoms in total. The molecule has 164 valence electrons.